The molecule has 0 amide bonds. The van der Waals surface area contributed by atoms with Crippen molar-refractivity contribution in [2.24, 2.45) is 5.10 Å². The van der Waals surface area contributed by atoms with Crippen molar-refractivity contribution in [3.8, 4) is 5.88 Å². The van der Waals surface area contributed by atoms with Crippen LogP contribution in [0.4, 0.5) is 5.69 Å². The maximum atomic E-state index is 12.3. The summed E-state index contributed by atoms with van der Waals surface area (Å²) in [6, 6.07) is 5.46. The molecule has 0 unspecified atom stereocenters. The number of H-pyrrole nitrogens is 1. The number of nitrogens with one attached hydrogen (secondary N) is 3. The first-order chi connectivity index (χ1) is 12.9. The van der Waals surface area contributed by atoms with E-state index in [1.54, 1.807) is 6.08 Å². The van der Waals surface area contributed by atoms with Crippen LogP contribution in [-0.2, 0) is 6.54 Å². The summed E-state index contributed by atoms with van der Waals surface area (Å²) in [6.07, 6.45) is 2.98. The van der Waals surface area contributed by atoms with Gasteiger partial charge in [0.1, 0.15) is 15.4 Å². The molecular formula is C16H11Cl2N5O3S. The Morgan fingerprint density at radius 1 is 1.30 bits per heavy atom. The van der Waals surface area contributed by atoms with Crippen LogP contribution in [0, 0.1) is 0 Å². The highest BCUT2D eigenvalue weighted by atomic mass is 35.5. The van der Waals surface area contributed by atoms with E-state index in [1.807, 2.05) is 18.2 Å². The number of nitrogens with zero attached hydrogens (tertiary/aromatic N) is 2. The second-order valence-corrected chi connectivity index (χ2v) is 7.45. The molecule has 4 rings (SSSR count). The van der Waals surface area contributed by atoms with E-state index in [2.05, 4.69) is 21.0 Å². The standard InChI is InChI=1S/C16H11Cl2N5O3S/c17-8-5-19-11(13(18)14(8)24)6-23-15(25)12(27-16(23)26)4-7-1-2-9-10(3-7)21-22-20-9/h1-5,21-22,25H,6H2,(H,19,24)/b7-4+. The van der Waals surface area contributed by atoms with Gasteiger partial charge in [0.05, 0.1) is 22.8 Å². The molecule has 0 aliphatic carbocycles. The zero-order chi connectivity index (χ0) is 19.1. The molecule has 0 atom stereocenters. The summed E-state index contributed by atoms with van der Waals surface area (Å²) >= 11 is 12.6. The number of thiazole rings is 1. The lowest BCUT2D eigenvalue weighted by molar-refractivity contribution is 0.419. The molecular weight excluding hydrogens is 413 g/mol. The van der Waals surface area contributed by atoms with Gasteiger partial charge in [-0.15, -0.1) is 0 Å². The monoisotopic (exact) mass is 423 g/mol. The van der Waals surface area contributed by atoms with Crippen LogP contribution in [0.5, 0.6) is 5.88 Å². The number of hydrazine groups is 1. The van der Waals surface area contributed by atoms with Crippen molar-refractivity contribution in [3.63, 3.8) is 0 Å². The summed E-state index contributed by atoms with van der Waals surface area (Å²) in [7, 11) is 0. The van der Waals surface area contributed by atoms with Crippen LogP contribution in [0.25, 0.3) is 6.08 Å². The summed E-state index contributed by atoms with van der Waals surface area (Å²) in [5.74, 6) is -0.215. The average Bonchev–Trinajstić information content (AvgIpc) is 3.21. The molecule has 1 aliphatic heterocycles. The minimum absolute atomic E-state index is 0.0499. The molecule has 0 saturated heterocycles. The van der Waals surface area contributed by atoms with Gasteiger partial charge in [0.2, 0.25) is 11.3 Å². The first-order valence-corrected chi connectivity index (χ1v) is 9.20. The number of aromatic nitrogens is 2. The van der Waals surface area contributed by atoms with Gasteiger partial charge in [-0.3, -0.25) is 19.6 Å². The Kier molecular flexibility index (Phi) is 4.42. The smallest absolute Gasteiger partial charge is 0.310 e. The fourth-order valence-electron chi connectivity index (χ4n) is 2.58. The van der Waals surface area contributed by atoms with E-state index in [9.17, 15) is 14.7 Å². The number of fused-ring (bicyclic) bond motifs is 1. The second kappa shape index (κ2) is 6.76. The molecule has 1 aliphatic rings. The molecule has 0 spiro atoms. The van der Waals surface area contributed by atoms with Crippen molar-refractivity contribution in [3.05, 3.63) is 75.5 Å². The number of anilines is 1. The van der Waals surface area contributed by atoms with Gasteiger partial charge in [0.15, 0.2) is 0 Å². The molecule has 138 valence electrons. The van der Waals surface area contributed by atoms with Crippen molar-refractivity contribution in [2.75, 3.05) is 5.43 Å². The first-order valence-electron chi connectivity index (χ1n) is 7.63. The van der Waals surface area contributed by atoms with E-state index in [0.717, 1.165) is 32.2 Å². The van der Waals surface area contributed by atoms with Crippen molar-refractivity contribution < 1.29 is 5.11 Å². The largest absolute Gasteiger partial charge is 0.493 e. The van der Waals surface area contributed by atoms with Gasteiger partial charge in [-0.25, -0.2) is 5.53 Å². The first kappa shape index (κ1) is 17.7. The highest BCUT2D eigenvalue weighted by molar-refractivity contribution is 7.10. The molecule has 0 bridgehead atoms. The Labute approximate surface area is 165 Å². The summed E-state index contributed by atoms with van der Waals surface area (Å²) < 4.78 is 1.13. The van der Waals surface area contributed by atoms with Crippen LogP contribution in [0.15, 0.2) is 39.1 Å². The van der Waals surface area contributed by atoms with Crippen LogP contribution in [0.3, 0.4) is 0 Å². The predicted molar refractivity (Wildman–Crippen MR) is 104 cm³/mol. The highest BCUT2D eigenvalue weighted by Gasteiger charge is 2.16. The minimum atomic E-state index is -0.536. The van der Waals surface area contributed by atoms with Crippen molar-refractivity contribution in [1.29, 1.82) is 0 Å². The summed E-state index contributed by atoms with van der Waals surface area (Å²) in [5.41, 5.74) is 6.07. The van der Waals surface area contributed by atoms with Crippen molar-refractivity contribution >= 4 is 46.3 Å². The molecule has 2 aromatic heterocycles. The zero-order valence-electron chi connectivity index (χ0n) is 13.4. The molecule has 1 aromatic carbocycles. The molecule has 0 saturated carbocycles. The van der Waals surface area contributed by atoms with Gasteiger partial charge in [-0.1, -0.05) is 40.6 Å². The fraction of sp³-hybridized carbons (Fsp3) is 0.0625. The number of benzene rings is 1. The Morgan fingerprint density at radius 3 is 2.93 bits per heavy atom. The Hall–Kier alpha value is -2.75. The number of halogens is 2. The molecule has 0 fully saturated rings. The molecule has 0 radical (unpaired) electrons. The van der Waals surface area contributed by atoms with Gasteiger partial charge in [-0.2, -0.15) is 5.10 Å². The third-order valence-electron chi connectivity index (χ3n) is 3.95. The van der Waals surface area contributed by atoms with Gasteiger partial charge in [0, 0.05) is 6.20 Å². The number of hydrogen-bond acceptors (Lipinski definition) is 7. The summed E-state index contributed by atoms with van der Waals surface area (Å²) in [6.45, 7) is -0.0885. The molecule has 3 aromatic rings. The van der Waals surface area contributed by atoms with Crippen molar-refractivity contribution in [2.45, 2.75) is 6.54 Å². The third-order valence-corrected chi connectivity index (χ3v) is 5.55. The van der Waals surface area contributed by atoms with Crippen LogP contribution in [0.1, 0.15) is 10.6 Å². The van der Waals surface area contributed by atoms with E-state index in [0.29, 0.717) is 4.88 Å². The Morgan fingerprint density at radius 2 is 2.11 bits per heavy atom. The van der Waals surface area contributed by atoms with E-state index >= 15 is 0 Å². The van der Waals surface area contributed by atoms with Gasteiger partial charge in [-0.05, 0) is 23.4 Å². The van der Waals surface area contributed by atoms with E-state index < -0.39 is 5.43 Å². The van der Waals surface area contributed by atoms with Gasteiger partial charge >= 0.3 is 4.87 Å². The molecule has 4 N–H and O–H groups in total. The number of hydrogen-bond donors (Lipinski definition) is 4. The normalized spacial score (nSPS) is 13.0. The number of rotatable bonds is 3. The van der Waals surface area contributed by atoms with E-state index in [-0.39, 0.29) is 33.0 Å². The van der Waals surface area contributed by atoms with E-state index in [4.69, 9.17) is 23.2 Å². The lowest BCUT2D eigenvalue weighted by Crippen LogP contribution is -2.17. The number of aromatic hydroxyl groups is 1. The SMILES string of the molecule is O=c1c(Cl)c[nH]c(Cn2c(O)c(/C=c3\ccc4c(c3)NNN=4)sc2=O)c1Cl. The predicted octanol–water partition coefficient (Wildman–Crippen LogP) is 0.952. The molecule has 11 heteroatoms. The van der Waals surface area contributed by atoms with Crippen LogP contribution in [0.2, 0.25) is 10.0 Å². The average molecular weight is 424 g/mol. The third kappa shape index (κ3) is 3.20. The Bertz CT molecular complexity index is 1290. The summed E-state index contributed by atoms with van der Waals surface area (Å²) in [5, 5.41) is 15.9. The highest BCUT2D eigenvalue weighted by Crippen LogP contribution is 2.23. The quantitative estimate of drug-likeness (QED) is 0.501. The molecule has 27 heavy (non-hydrogen) atoms. The number of pyridine rings is 1. The molecule has 3 heterocycles. The topological polar surface area (TPSA) is 112 Å². The maximum absolute atomic E-state index is 12.3. The van der Waals surface area contributed by atoms with Gasteiger partial charge < -0.3 is 10.1 Å². The van der Waals surface area contributed by atoms with Crippen LogP contribution in [-0.4, -0.2) is 14.7 Å². The van der Waals surface area contributed by atoms with Crippen molar-refractivity contribution in [1.82, 2.24) is 15.1 Å². The lowest BCUT2D eigenvalue weighted by atomic mass is 10.2. The Balaban J connectivity index is 1.74. The molecule has 8 nitrogen and oxygen atoms in total. The minimum Gasteiger partial charge on any atom is -0.493 e. The summed E-state index contributed by atoms with van der Waals surface area (Å²) in [4.78, 5) is 26.9. The lowest BCUT2D eigenvalue weighted by Gasteiger charge is -2.06. The fourth-order valence-corrected chi connectivity index (χ4v) is 3.84. The number of aromatic amines is 1. The van der Waals surface area contributed by atoms with Gasteiger partial charge in [0.25, 0.3) is 0 Å². The van der Waals surface area contributed by atoms with E-state index in [1.165, 1.54) is 6.20 Å². The van der Waals surface area contributed by atoms with Crippen LogP contribution >= 0.6 is 34.5 Å². The van der Waals surface area contributed by atoms with Crippen LogP contribution < -0.4 is 31.8 Å². The maximum Gasteiger partial charge on any atom is 0.310 e. The zero-order valence-corrected chi connectivity index (χ0v) is 15.7. The second-order valence-electron chi connectivity index (χ2n) is 5.67.